The summed E-state index contributed by atoms with van der Waals surface area (Å²) in [5.41, 5.74) is 9.75. The van der Waals surface area contributed by atoms with E-state index in [2.05, 4.69) is 101 Å². The molecule has 0 aliphatic carbocycles. The summed E-state index contributed by atoms with van der Waals surface area (Å²) in [6.07, 6.45) is 3.54. The SMILES string of the molecule is c1ccc(-c2cccc(-c3nc(-c4cccnc4)nc(-c4cccc5oc6cc7c8ccccc8n(-c8ccccc8)c7cc6c45)n3)c2)cc1. The molecule has 4 heterocycles. The Morgan fingerprint density at radius 2 is 1.14 bits per heavy atom. The number of pyridine rings is 1. The largest absolute Gasteiger partial charge is 0.456 e. The highest BCUT2D eigenvalue weighted by atomic mass is 16.3. The maximum Gasteiger partial charge on any atom is 0.165 e. The Bertz CT molecular complexity index is 2860. The number of nitrogens with zero attached hydrogens (tertiary/aromatic N) is 5. The van der Waals surface area contributed by atoms with Gasteiger partial charge in [0.1, 0.15) is 11.2 Å². The summed E-state index contributed by atoms with van der Waals surface area (Å²) in [6, 6.07) is 52.1. The zero-order chi connectivity index (χ0) is 33.0. The van der Waals surface area contributed by atoms with E-state index >= 15 is 0 Å². The van der Waals surface area contributed by atoms with Crippen LogP contribution in [-0.4, -0.2) is 24.5 Å². The van der Waals surface area contributed by atoms with Gasteiger partial charge in [0, 0.05) is 56.3 Å². The fraction of sp³-hybridized carbons (Fsp3) is 0. The minimum absolute atomic E-state index is 0.555. The third kappa shape index (κ3) is 4.58. The lowest BCUT2D eigenvalue weighted by Gasteiger charge is -2.10. The number of benzene rings is 6. The van der Waals surface area contributed by atoms with E-state index in [1.807, 2.05) is 60.7 Å². The highest BCUT2D eigenvalue weighted by molar-refractivity contribution is 6.19. The van der Waals surface area contributed by atoms with Crippen LogP contribution in [0.3, 0.4) is 0 Å². The van der Waals surface area contributed by atoms with E-state index in [1.54, 1.807) is 12.4 Å². The van der Waals surface area contributed by atoms with Crippen LogP contribution < -0.4 is 0 Å². The van der Waals surface area contributed by atoms with Gasteiger partial charge < -0.3 is 8.98 Å². The smallest absolute Gasteiger partial charge is 0.165 e. The second kappa shape index (κ2) is 11.4. The normalized spacial score (nSPS) is 11.6. The summed E-state index contributed by atoms with van der Waals surface area (Å²) < 4.78 is 8.92. The van der Waals surface area contributed by atoms with Gasteiger partial charge in [0.25, 0.3) is 0 Å². The molecule has 6 aromatic carbocycles. The summed E-state index contributed by atoms with van der Waals surface area (Å²) in [7, 11) is 0. The number of furan rings is 1. The summed E-state index contributed by atoms with van der Waals surface area (Å²) in [4.78, 5) is 19.6. The van der Waals surface area contributed by atoms with E-state index in [1.165, 1.54) is 5.39 Å². The molecule has 10 rings (SSSR count). The van der Waals surface area contributed by atoms with E-state index in [-0.39, 0.29) is 0 Å². The van der Waals surface area contributed by atoms with Gasteiger partial charge in [-0.3, -0.25) is 4.98 Å². The summed E-state index contributed by atoms with van der Waals surface area (Å²) in [5, 5.41) is 4.27. The topological polar surface area (TPSA) is 69.6 Å². The monoisotopic (exact) mass is 641 g/mol. The molecule has 0 bridgehead atoms. The van der Waals surface area contributed by atoms with Crippen molar-refractivity contribution in [3.05, 3.63) is 164 Å². The molecule has 234 valence electrons. The molecule has 50 heavy (non-hydrogen) atoms. The summed E-state index contributed by atoms with van der Waals surface area (Å²) in [5.74, 6) is 1.71. The van der Waals surface area contributed by atoms with Gasteiger partial charge in [-0.2, -0.15) is 0 Å². The third-order valence-corrected chi connectivity index (χ3v) is 9.33. The quantitative estimate of drug-likeness (QED) is 0.187. The van der Waals surface area contributed by atoms with Crippen molar-refractivity contribution in [2.75, 3.05) is 0 Å². The minimum atomic E-state index is 0.555. The Kier molecular flexibility index (Phi) is 6.39. The second-order valence-electron chi connectivity index (χ2n) is 12.3. The molecule has 6 heteroatoms. The van der Waals surface area contributed by atoms with Gasteiger partial charge in [-0.1, -0.05) is 97.1 Å². The number of hydrogen-bond donors (Lipinski definition) is 0. The molecule has 0 unspecified atom stereocenters. The molecule has 0 radical (unpaired) electrons. The van der Waals surface area contributed by atoms with Crippen molar-refractivity contribution in [2.24, 2.45) is 0 Å². The Labute approximate surface area is 287 Å². The van der Waals surface area contributed by atoms with Gasteiger partial charge in [0.2, 0.25) is 0 Å². The van der Waals surface area contributed by atoms with Crippen LogP contribution in [-0.2, 0) is 0 Å². The van der Waals surface area contributed by atoms with Crippen LogP contribution in [0.25, 0.3) is 94.7 Å². The van der Waals surface area contributed by atoms with E-state index in [0.717, 1.165) is 71.9 Å². The summed E-state index contributed by atoms with van der Waals surface area (Å²) in [6.45, 7) is 0. The summed E-state index contributed by atoms with van der Waals surface area (Å²) >= 11 is 0. The standard InChI is InChI=1S/C44H27N5O/c1-3-12-28(13-4-1)29-14-9-15-30(24-29)42-46-43(31-16-11-23-45-27-31)48-44(47-42)34-20-10-22-39-41(34)36-25-38-35(26-40(36)50-39)33-19-7-8-21-37(33)49(38)32-17-5-2-6-18-32/h1-27H. The van der Waals surface area contributed by atoms with E-state index in [0.29, 0.717) is 17.5 Å². The Hall–Kier alpha value is -6.92. The number of rotatable bonds is 5. The molecule has 10 aromatic rings. The minimum Gasteiger partial charge on any atom is -0.456 e. The number of hydrogen-bond acceptors (Lipinski definition) is 5. The third-order valence-electron chi connectivity index (χ3n) is 9.33. The van der Waals surface area contributed by atoms with Crippen LogP contribution in [0.5, 0.6) is 0 Å². The Morgan fingerprint density at radius 1 is 0.440 bits per heavy atom. The van der Waals surface area contributed by atoms with Crippen molar-refractivity contribution in [1.82, 2.24) is 24.5 Å². The first kappa shape index (κ1) is 28.1. The predicted molar refractivity (Wildman–Crippen MR) is 201 cm³/mol. The Morgan fingerprint density at radius 3 is 1.98 bits per heavy atom. The lowest BCUT2D eigenvalue weighted by atomic mass is 10.0. The van der Waals surface area contributed by atoms with Crippen LogP contribution in [0, 0.1) is 0 Å². The maximum absolute atomic E-state index is 6.59. The molecular weight excluding hydrogens is 615 g/mol. The molecule has 0 N–H and O–H groups in total. The van der Waals surface area contributed by atoms with Crippen molar-refractivity contribution in [3.63, 3.8) is 0 Å². The maximum atomic E-state index is 6.59. The van der Waals surface area contributed by atoms with E-state index in [9.17, 15) is 0 Å². The van der Waals surface area contributed by atoms with Gasteiger partial charge >= 0.3 is 0 Å². The predicted octanol–water partition coefficient (Wildman–Crippen LogP) is 10.9. The molecule has 0 aliphatic heterocycles. The average Bonchev–Trinajstić information content (AvgIpc) is 3.72. The zero-order valence-corrected chi connectivity index (χ0v) is 26.7. The lowest BCUT2D eigenvalue weighted by Crippen LogP contribution is -2.00. The fourth-order valence-electron chi connectivity index (χ4n) is 7.05. The van der Waals surface area contributed by atoms with Gasteiger partial charge in [0.15, 0.2) is 17.5 Å². The molecule has 0 saturated carbocycles. The molecule has 0 amide bonds. The molecule has 0 spiro atoms. The van der Waals surface area contributed by atoms with E-state index in [4.69, 9.17) is 19.4 Å². The number of para-hydroxylation sites is 2. The van der Waals surface area contributed by atoms with Crippen molar-refractivity contribution in [2.45, 2.75) is 0 Å². The van der Waals surface area contributed by atoms with Crippen LogP contribution in [0.1, 0.15) is 0 Å². The van der Waals surface area contributed by atoms with Crippen LogP contribution >= 0.6 is 0 Å². The molecule has 0 fully saturated rings. The van der Waals surface area contributed by atoms with Crippen LogP contribution in [0.2, 0.25) is 0 Å². The first-order chi connectivity index (χ1) is 24.8. The second-order valence-corrected chi connectivity index (χ2v) is 12.3. The average molecular weight is 642 g/mol. The Balaban J connectivity index is 1.23. The molecule has 0 atom stereocenters. The van der Waals surface area contributed by atoms with Crippen molar-refractivity contribution in [3.8, 4) is 51.0 Å². The number of aromatic nitrogens is 5. The van der Waals surface area contributed by atoms with Gasteiger partial charge in [-0.25, -0.2) is 15.0 Å². The molecule has 0 aliphatic rings. The first-order valence-electron chi connectivity index (χ1n) is 16.5. The first-order valence-corrected chi connectivity index (χ1v) is 16.5. The van der Waals surface area contributed by atoms with Crippen LogP contribution in [0.15, 0.2) is 168 Å². The molecule has 0 saturated heterocycles. The molecule has 6 nitrogen and oxygen atoms in total. The van der Waals surface area contributed by atoms with E-state index < -0.39 is 0 Å². The van der Waals surface area contributed by atoms with Crippen molar-refractivity contribution < 1.29 is 4.42 Å². The van der Waals surface area contributed by atoms with Crippen molar-refractivity contribution in [1.29, 1.82) is 0 Å². The highest BCUT2D eigenvalue weighted by Gasteiger charge is 2.21. The fourth-order valence-corrected chi connectivity index (χ4v) is 7.05. The zero-order valence-electron chi connectivity index (χ0n) is 26.7. The van der Waals surface area contributed by atoms with Gasteiger partial charge in [-0.05, 0) is 65.7 Å². The highest BCUT2D eigenvalue weighted by Crippen LogP contribution is 2.41. The van der Waals surface area contributed by atoms with Gasteiger partial charge in [0.05, 0.1) is 11.0 Å². The van der Waals surface area contributed by atoms with Crippen molar-refractivity contribution >= 4 is 43.7 Å². The number of fused-ring (bicyclic) bond motifs is 6. The lowest BCUT2D eigenvalue weighted by molar-refractivity contribution is 0.669. The molecular formula is C44H27N5O. The van der Waals surface area contributed by atoms with Crippen LogP contribution in [0.4, 0.5) is 0 Å². The van der Waals surface area contributed by atoms with Gasteiger partial charge in [-0.15, -0.1) is 0 Å². The molecule has 4 aromatic heterocycles.